The number of ether oxygens (including phenoxy) is 2. The maximum Gasteiger partial charge on any atom is 0.171 e. The van der Waals surface area contributed by atoms with Gasteiger partial charge in [0.05, 0.1) is 19.3 Å². The van der Waals surface area contributed by atoms with E-state index >= 15 is 0 Å². The maximum absolute atomic E-state index is 10.7. The van der Waals surface area contributed by atoms with E-state index in [1.807, 2.05) is 0 Å². The Labute approximate surface area is 96.6 Å². The number of sulfone groups is 1. The molecule has 1 fully saturated rings. The molecular formula is C8H18ClNO4S. The van der Waals surface area contributed by atoms with Crippen molar-refractivity contribution < 1.29 is 17.9 Å². The molecule has 1 rings (SSSR count). The Balaban J connectivity index is 0.00000196. The van der Waals surface area contributed by atoms with Gasteiger partial charge in [-0.3, -0.25) is 0 Å². The first-order valence-corrected chi connectivity index (χ1v) is 6.66. The predicted molar refractivity (Wildman–Crippen MR) is 59.9 cm³/mol. The van der Waals surface area contributed by atoms with E-state index < -0.39 is 9.84 Å². The molecule has 7 heteroatoms. The van der Waals surface area contributed by atoms with Crippen molar-refractivity contribution in [3.8, 4) is 0 Å². The number of nitrogens with two attached hydrogens (primary N) is 1. The summed E-state index contributed by atoms with van der Waals surface area (Å²) in [4.78, 5) is 0. The number of halogens is 1. The Bertz CT molecular complexity index is 262. The Morgan fingerprint density at radius 3 is 2.60 bits per heavy atom. The van der Waals surface area contributed by atoms with Crippen LogP contribution in [0.4, 0.5) is 0 Å². The Hall–Kier alpha value is 0.120. The standard InChI is InChI=1S/C8H17NO4S.ClH/c1-14(10,11)6-12-5-8-3-2-7(9)4-13-8;/h7-8H,2-6,9H2,1H3;1H/t7-,8+;/m1./s1. The SMILES string of the molecule is CS(=O)(=O)COC[C@@H]1CC[C@@H](N)CO1.Cl. The number of hydrogen-bond acceptors (Lipinski definition) is 5. The Kier molecular flexibility index (Phi) is 6.70. The fourth-order valence-corrected chi connectivity index (χ4v) is 1.69. The van der Waals surface area contributed by atoms with Crippen molar-refractivity contribution in [2.75, 3.05) is 25.4 Å². The van der Waals surface area contributed by atoms with Gasteiger partial charge in [0.15, 0.2) is 9.84 Å². The average molecular weight is 260 g/mol. The number of rotatable bonds is 4. The second-order valence-corrected chi connectivity index (χ2v) is 5.79. The first kappa shape index (κ1) is 15.1. The third-order valence-corrected chi connectivity index (χ3v) is 2.60. The van der Waals surface area contributed by atoms with Gasteiger partial charge in [0.1, 0.15) is 5.94 Å². The van der Waals surface area contributed by atoms with E-state index in [9.17, 15) is 8.42 Å². The van der Waals surface area contributed by atoms with Crippen molar-refractivity contribution in [2.24, 2.45) is 5.73 Å². The molecule has 5 nitrogen and oxygen atoms in total. The zero-order valence-electron chi connectivity index (χ0n) is 8.72. The lowest BCUT2D eigenvalue weighted by molar-refractivity contribution is -0.0394. The quantitative estimate of drug-likeness (QED) is 0.765. The van der Waals surface area contributed by atoms with Crippen molar-refractivity contribution in [3.05, 3.63) is 0 Å². The fourth-order valence-electron chi connectivity index (χ4n) is 1.29. The van der Waals surface area contributed by atoms with Crippen LogP contribution in [0.3, 0.4) is 0 Å². The van der Waals surface area contributed by atoms with Gasteiger partial charge in [-0.2, -0.15) is 0 Å². The highest BCUT2D eigenvalue weighted by Crippen LogP contribution is 2.12. The normalized spacial score (nSPS) is 27.1. The molecule has 0 aliphatic carbocycles. The lowest BCUT2D eigenvalue weighted by Crippen LogP contribution is -2.37. The summed E-state index contributed by atoms with van der Waals surface area (Å²) in [5.41, 5.74) is 5.63. The van der Waals surface area contributed by atoms with E-state index in [1.165, 1.54) is 0 Å². The van der Waals surface area contributed by atoms with Crippen LogP contribution in [-0.2, 0) is 19.3 Å². The van der Waals surface area contributed by atoms with Crippen LogP contribution < -0.4 is 5.73 Å². The minimum atomic E-state index is -3.04. The summed E-state index contributed by atoms with van der Waals surface area (Å²) in [5, 5.41) is 0. The largest absolute Gasteiger partial charge is 0.374 e. The topological polar surface area (TPSA) is 78.6 Å². The first-order valence-electron chi connectivity index (χ1n) is 4.60. The van der Waals surface area contributed by atoms with Gasteiger partial charge in [-0.15, -0.1) is 12.4 Å². The molecule has 0 aromatic carbocycles. The maximum atomic E-state index is 10.7. The fraction of sp³-hybridized carbons (Fsp3) is 1.00. The van der Waals surface area contributed by atoms with E-state index in [0.29, 0.717) is 13.2 Å². The van der Waals surface area contributed by atoms with Crippen LogP contribution in [0, 0.1) is 0 Å². The summed E-state index contributed by atoms with van der Waals surface area (Å²) in [5.74, 6) is -0.237. The van der Waals surface area contributed by atoms with Crippen LogP contribution >= 0.6 is 12.4 Å². The molecular weight excluding hydrogens is 242 g/mol. The van der Waals surface area contributed by atoms with Crippen molar-refractivity contribution >= 4 is 22.2 Å². The van der Waals surface area contributed by atoms with E-state index in [2.05, 4.69) is 0 Å². The highest BCUT2D eigenvalue weighted by atomic mass is 35.5. The third-order valence-electron chi connectivity index (χ3n) is 2.01. The Morgan fingerprint density at radius 1 is 1.47 bits per heavy atom. The van der Waals surface area contributed by atoms with E-state index in [4.69, 9.17) is 15.2 Å². The summed E-state index contributed by atoms with van der Waals surface area (Å²) < 4.78 is 31.9. The molecule has 0 bridgehead atoms. The smallest absolute Gasteiger partial charge is 0.171 e. The van der Waals surface area contributed by atoms with Gasteiger partial charge in [-0.25, -0.2) is 8.42 Å². The third kappa shape index (κ3) is 7.08. The van der Waals surface area contributed by atoms with Crippen LogP contribution in [-0.4, -0.2) is 46.0 Å². The highest BCUT2D eigenvalue weighted by molar-refractivity contribution is 7.90. The summed E-state index contributed by atoms with van der Waals surface area (Å²) >= 11 is 0. The van der Waals surface area contributed by atoms with Gasteiger partial charge in [0.25, 0.3) is 0 Å². The molecule has 2 atom stereocenters. The Morgan fingerprint density at radius 2 is 2.13 bits per heavy atom. The molecule has 92 valence electrons. The summed E-state index contributed by atoms with van der Waals surface area (Å²) in [6, 6.07) is 0.112. The molecule has 1 saturated heterocycles. The molecule has 0 aromatic rings. The predicted octanol–water partition coefficient (Wildman–Crippen LogP) is -0.0668. The summed E-state index contributed by atoms with van der Waals surface area (Å²) in [6.07, 6.45) is 2.89. The lowest BCUT2D eigenvalue weighted by atomic mass is 10.1. The second kappa shape index (κ2) is 6.65. The van der Waals surface area contributed by atoms with Crippen molar-refractivity contribution in [1.29, 1.82) is 0 Å². The van der Waals surface area contributed by atoms with Gasteiger partial charge in [-0.1, -0.05) is 0 Å². The minimum Gasteiger partial charge on any atom is -0.374 e. The molecule has 0 aromatic heterocycles. The molecule has 0 saturated carbocycles. The minimum absolute atomic E-state index is 0. The molecule has 1 heterocycles. The van der Waals surface area contributed by atoms with E-state index in [1.54, 1.807) is 0 Å². The van der Waals surface area contributed by atoms with Gasteiger partial charge in [-0.05, 0) is 12.8 Å². The molecule has 1 aliphatic rings. The number of hydrogen-bond donors (Lipinski definition) is 1. The summed E-state index contributed by atoms with van der Waals surface area (Å²) in [7, 11) is -3.04. The molecule has 0 radical (unpaired) electrons. The lowest BCUT2D eigenvalue weighted by Gasteiger charge is -2.26. The van der Waals surface area contributed by atoms with E-state index in [0.717, 1.165) is 19.1 Å². The van der Waals surface area contributed by atoms with Crippen LogP contribution in [0.15, 0.2) is 0 Å². The summed E-state index contributed by atoms with van der Waals surface area (Å²) in [6.45, 7) is 0.868. The van der Waals surface area contributed by atoms with Crippen LogP contribution in [0.5, 0.6) is 0 Å². The first-order chi connectivity index (χ1) is 6.47. The van der Waals surface area contributed by atoms with Crippen molar-refractivity contribution in [1.82, 2.24) is 0 Å². The highest BCUT2D eigenvalue weighted by Gasteiger charge is 2.19. The van der Waals surface area contributed by atoms with Gasteiger partial charge < -0.3 is 15.2 Å². The van der Waals surface area contributed by atoms with E-state index in [-0.39, 0.29) is 30.5 Å². The van der Waals surface area contributed by atoms with Gasteiger partial charge in [0, 0.05) is 12.3 Å². The average Bonchev–Trinajstić information content (AvgIpc) is 2.06. The second-order valence-electron chi connectivity index (χ2n) is 3.71. The van der Waals surface area contributed by atoms with Gasteiger partial charge >= 0.3 is 0 Å². The molecule has 0 unspecified atom stereocenters. The zero-order chi connectivity index (χ0) is 10.6. The van der Waals surface area contributed by atoms with Gasteiger partial charge in [0.2, 0.25) is 0 Å². The van der Waals surface area contributed by atoms with Crippen molar-refractivity contribution in [3.63, 3.8) is 0 Å². The van der Waals surface area contributed by atoms with Crippen molar-refractivity contribution in [2.45, 2.75) is 25.0 Å². The van der Waals surface area contributed by atoms with Crippen LogP contribution in [0.25, 0.3) is 0 Å². The monoisotopic (exact) mass is 259 g/mol. The molecule has 0 amide bonds. The van der Waals surface area contributed by atoms with Crippen LogP contribution in [0.2, 0.25) is 0 Å². The zero-order valence-corrected chi connectivity index (χ0v) is 10.4. The molecule has 0 spiro atoms. The molecule has 15 heavy (non-hydrogen) atoms. The van der Waals surface area contributed by atoms with Crippen LogP contribution in [0.1, 0.15) is 12.8 Å². The molecule has 1 aliphatic heterocycles. The molecule has 2 N–H and O–H groups in total.